The summed E-state index contributed by atoms with van der Waals surface area (Å²) in [5.74, 6) is -0.00722. The lowest BCUT2D eigenvalue weighted by atomic mass is 10.3. The highest BCUT2D eigenvalue weighted by atomic mass is 35.5. The van der Waals surface area contributed by atoms with Crippen LogP contribution in [0.2, 0.25) is 5.02 Å². The van der Waals surface area contributed by atoms with Crippen molar-refractivity contribution >= 4 is 55.9 Å². The maximum atomic E-state index is 11.8. The van der Waals surface area contributed by atoms with Gasteiger partial charge in [0, 0.05) is 17.6 Å². The molecule has 156 valence electrons. The number of halogens is 1. The van der Waals surface area contributed by atoms with Crippen LogP contribution >= 0.6 is 34.3 Å². The molecule has 0 aliphatic rings. The monoisotopic (exact) mass is 467 g/mol. The lowest BCUT2D eigenvalue weighted by Crippen LogP contribution is -2.13. The summed E-state index contributed by atoms with van der Waals surface area (Å²) < 4.78 is 2.02. The van der Waals surface area contributed by atoms with E-state index in [9.17, 15) is 4.79 Å². The minimum atomic E-state index is -0.00722. The first-order chi connectivity index (χ1) is 14.9. The van der Waals surface area contributed by atoms with Crippen LogP contribution in [0.4, 0.5) is 15.8 Å². The lowest BCUT2D eigenvalue weighted by molar-refractivity contribution is 0.102. The summed E-state index contributed by atoms with van der Waals surface area (Å²) in [5.41, 5.74) is 3.28. The van der Waals surface area contributed by atoms with Crippen LogP contribution in [0, 0.1) is 13.8 Å². The van der Waals surface area contributed by atoms with E-state index in [1.54, 1.807) is 19.1 Å². The van der Waals surface area contributed by atoms with Gasteiger partial charge < -0.3 is 0 Å². The predicted molar refractivity (Wildman–Crippen MR) is 126 cm³/mol. The third-order valence-corrected chi connectivity index (χ3v) is 6.85. The van der Waals surface area contributed by atoms with Crippen molar-refractivity contribution in [2.75, 3.05) is 0 Å². The molecule has 6 nitrogen and oxygen atoms in total. The highest BCUT2D eigenvalue weighted by Crippen LogP contribution is 2.30. The average molecular weight is 468 g/mol. The topological polar surface area (TPSA) is 72.0 Å². The highest BCUT2D eigenvalue weighted by molar-refractivity contribution is 7.17. The quantitative estimate of drug-likeness (QED) is 0.231. The third-order valence-electron chi connectivity index (χ3n) is 4.42. The molecule has 2 aromatic carbocycles. The van der Waals surface area contributed by atoms with E-state index < -0.39 is 0 Å². The van der Waals surface area contributed by atoms with Gasteiger partial charge in [0.2, 0.25) is 5.13 Å². The maximum Gasteiger partial charge on any atom is 0.212 e. The van der Waals surface area contributed by atoms with Crippen molar-refractivity contribution in [2.24, 2.45) is 15.2 Å². The number of Topliss-reactive ketones (excluding diaryl/α,β-unsaturated/α-hetero) is 1. The maximum absolute atomic E-state index is 11.8. The van der Waals surface area contributed by atoms with Gasteiger partial charge in [-0.15, -0.1) is 10.2 Å². The van der Waals surface area contributed by atoms with Crippen molar-refractivity contribution in [1.29, 1.82) is 0 Å². The predicted octanol–water partition coefficient (Wildman–Crippen LogP) is 7.12. The van der Waals surface area contributed by atoms with Crippen molar-refractivity contribution in [1.82, 2.24) is 9.55 Å². The molecule has 4 rings (SSSR count). The smallest absolute Gasteiger partial charge is 0.212 e. The van der Waals surface area contributed by atoms with E-state index in [-0.39, 0.29) is 5.78 Å². The second-order valence-corrected chi connectivity index (χ2v) is 9.07. The van der Waals surface area contributed by atoms with E-state index in [1.165, 1.54) is 22.7 Å². The minimum absolute atomic E-state index is 0.00722. The van der Waals surface area contributed by atoms with Gasteiger partial charge in [-0.3, -0.25) is 9.36 Å². The SMILES string of the molecule is CC(=O)c1sc(/N=c2\sc(N=Nc3ccc(Cl)cc3)c(C)n2-c2ccccc2)nc1C. The number of carbonyl (C=O) groups is 1. The number of hydrogen-bond acceptors (Lipinski definition) is 7. The second-order valence-electron chi connectivity index (χ2n) is 6.70. The molecule has 0 saturated heterocycles. The number of thiazole rings is 2. The van der Waals surface area contributed by atoms with Crippen LogP contribution < -0.4 is 4.80 Å². The lowest BCUT2D eigenvalue weighted by Gasteiger charge is -2.05. The first-order valence-corrected chi connectivity index (χ1v) is 11.4. The number of rotatable bonds is 5. The largest absolute Gasteiger partial charge is 0.294 e. The normalized spacial score (nSPS) is 12.1. The van der Waals surface area contributed by atoms with Gasteiger partial charge in [0.1, 0.15) is 0 Å². The summed E-state index contributed by atoms with van der Waals surface area (Å²) in [6, 6.07) is 17.1. The van der Waals surface area contributed by atoms with Crippen LogP contribution in [0.15, 0.2) is 69.8 Å². The highest BCUT2D eigenvalue weighted by Gasteiger charge is 2.14. The summed E-state index contributed by atoms with van der Waals surface area (Å²) in [7, 11) is 0. The Morgan fingerprint density at radius 2 is 1.71 bits per heavy atom. The fraction of sp³-hybridized carbons (Fsp3) is 0.136. The van der Waals surface area contributed by atoms with E-state index in [0.29, 0.717) is 31.2 Å². The summed E-state index contributed by atoms with van der Waals surface area (Å²) in [6.45, 7) is 5.34. The number of aryl methyl sites for hydroxylation is 1. The van der Waals surface area contributed by atoms with Crippen LogP contribution in [-0.2, 0) is 0 Å². The van der Waals surface area contributed by atoms with E-state index in [2.05, 4.69) is 15.2 Å². The van der Waals surface area contributed by atoms with E-state index >= 15 is 0 Å². The standard InChI is InChI=1S/C22H18ClN5OS2/c1-13-19(15(3)29)30-21(24-13)25-22-28(18-7-5-4-6-8-18)14(2)20(31-22)27-26-17-11-9-16(23)10-12-17/h4-12H,1-3H3/b25-22-,27-26?. The van der Waals surface area contributed by atoms with Crippen LogP contribution in [-0.4, -0.2) is 15.3 Å². The van der Waals surface area contributed by atoms with Crippen molar-refractivity contribution < 1.29 is 4.79 Å². The number of azo groups is 1. The van der Waals surface area contributed by atoms with Gasteiger partial charge in [-0.2, -0.15) is 4.99 Å². The minimum Gasteiger partial charge on any atom is -0.294 e. The van der Waals surface area contributed by atoms with E-state index in [1.807, 2.05) is 60.9 Å². The van der Waals surface area contributed by atoms with Crippen LogP contribution in [0.1, 0.15) is 28.0 Å². The molecule has 0 atom stereocenters. The molecule has 0 fully saturated rings. The number of benzene rings is 2. The van der Waals surface area contributed by atoms with Crippen molar-refractivity contribution in [3.05, 3.63) is 80.7 Å². The molecule has 31 heavy (non-hydrogen) atoms. The fourth-order valence-corrected chi connectivity index (χ4v) is 4.92. The molecular formula is C22H18ClN5OS2. The van der Waals surface area contributed by atoms with Gasteiger partial charge in [-0.05, 0) is 50.2 Å². The number of aromatic nitrogens is 2. The molecule has 0 spiro atoms. The van der Waals surface area contributed by atoms with Crippen molar-refractivity contribution in [3.8, 4) is 5.69 Å². The van der Waals surface area contributed by atoms with Crippen LogP contribution in [0.3, 0.4) is 0 Å². The van der Waals surface area contributed by atoms with Gasteiger partial charge in [-0.25, -0.2) is 4.98 Å². The second kappa shape index (κ2) is 9.05. The number of ketones is 1. The summed E-state index contributed by atoms with van der Waals surface area (Å²) >= 11 is 8.65. The molecule has 2 aromatic heterocycles. The Balaban J connectivity index is 1.84. The Kier molecular flexibility index (Phi) is 6.22. The number of nitrogens with zero attached hydrogens (tertiary/aromatic N) is 5. The molecule has 0 amide bonds. The summed E-state index contributed by atoms with van der Waals surface area (Å²) in [6.07, 6.45) is 0. The Bertz CT molecular complexity index is 1330. The fourth-order valence-electron chi connectivity index (χ4n) is 2.94. The van der Waals surface area contributed by atoms with Crippen molar-refractivity contribution in [3.63, 3.8) is 0 Å². The molecule has 0 N–H and O–H groups in total. The Labute approximate surface area is 192 Å². The molecule has 0 unspecified atom stereocenters. The molecule has 0 aliphatic carbocycles. The number of hydrogen-bond donors (Lipinski definition) is 0. The zero-order valence-corrected chi connectivity index (χ0v) is 19.4. The number of para-hydroxylation sites is 1. The van der Waals surface area contributed by atoms with Crippen LogP contribution in [0.5, 0.6) is 0 Å². The number of carbonyl (C=O) groups excluding carboxylic acids is 1. The van der Waals surface area contributed by atoms with E-state index in [0.717, 1.165) is 16.4 Å². The molecular weight excluding hydrogens is 450 g/mol. The van der Waals surface area contributed by atoms with Gasteiger partial charge in [0.25, 0.3) is 0 Å². The van der Waals surface area contributed by atoms with Gasteiger partial charge in [-0.1, -0.05) is 52.5 Å². The van der Waals surface area contributed by atoms with Crippen LogP contribution in [0.25, 0.3) is 5.69 Å². The molecule has 0 radical (unpaired) electrons. The Hall–Kier alpha value is -2.94. The summed E-state index contributed by atoms with van der Waals surface area (Å²) in [5, 5.41) is 10.7. The van der Waals surface area contributed by atoms with Gasteiger partial charge >= 0.3 is 0 Å². The molecule has 4 aromatic rings. The Morgan fingerprint density at radius 3 is 2.35 bits per heavy atom. The first-order valence-electron chi connectivity index (χ1n) is 9.40. The molecule has 0 aliphatic heterocycles. The van der Waals surface area contributed by atoms with Crippen molar-refractivity contribution in [2.45, 2.75) is 20.8 Å². The average Bonchev–Trinajstić information content (AvgIpc) is 3.27. The third kappa shape index (κ3) is 4.71. The van der Waals surface area contributed by atoms with E-state index in [4.69, 9.17) is 16.6 Å². The van der Waals surface area contributed by atoms with Gasteiger partial charge in [0.05, 0.1) is 22.0 Å². The molecule has 9 heteroatoms. The zero-order valence-electron chi connectivity index (χ0n) is 17.0. The molecule has 0 saturated carbocycles. The molecule has 2 heterocycles. The van der Waals surface area contributed by atoms with Gasteiger partial charge in [0.15, 0.2) is 15.6 Å². The first kappa shape index (κ1) is 21.3. The summed E-state index contributed by atoms with van der Waals surface area (Å²) in [4.78, 5) is 22.3. The molecule has 0 bridgehead atoms. The zero-order chi connectivity index (χ0) is 22.0. The Morgan fingerprint density at radius 1 is 1.00 bits per heavy atom.